The number of phenolic OH excluding ortho intramolecular Hbond substituents is 2. The zero-order valence-corrected chi connectivity index (χ0v) is 33.0. The lowest BCUT2D eigenvalue weighted by Crippen LogP contribution is -2.40. The van der Waals surface area contributed by atoms with E-state index in [2.05, 4.69) is 10.6 Å². The molecule has 6 N–H and O–H groups in total. The van der Waals surface area contributed by atoms with Crippen LogP contribution in [0.3, 0.4) is 0 Å². The van der Waals surface area contributed by atoms with Gasteiger partial charge in [-0.1, -0.05) is 39.0 Å². The number of Topliss-reactive ketones (excluding diaryl/α,β-unsaturated/α-hetero) is 1. The summed E-state index contributed by atoms with van der Waals surface area (Å²) in [6, 6.07) is 0. The topological polar surface area (TPSA) is 196 Å². The number of ether oxygens (including phenoxy) is 4. The number of ketones is 1. The molecule has 0 fully saturated rings. The maximum atomic E-state index is 14.5. The van der Waals surface area contributed by atoms with Gasteiger partial charge in [-0.15, -0.1) is 0 Å². The first-order valence-electron chi connectivity index (χ1n) is 18.7. The highest BCUT2D eigenvalue weighted by atomic mass is 16.7. The van der Waals surface area contributed by atoms with Crippen molar-refractivity contribution in [3.05, 3.63) is 71.2 Å². The number of methoxy groups -OCH3 is 1. The molecular formula is C42H51N3O11. The standard InChI is InChI=1S/C42H51N3O11/c1-19-13-15-45-29(17-19)43-33-30-31-37(49)24(6)39-32(30)40(51)42(8,56-39)54-16-14-27(53-9)23(5)28(55-25(7)46)18-26(47)22(4)36(48)20(2)11-10-12-21(3)41(52)44-34(35(33)45)38(31)50/h10-17,20,22-23,26-29,36,43,47-50H,18H2,1-9H3,(H,44,52)/b11-10+,16-14+,21-12-/t20-,22-,23+,26-,27-,28-,29?,36-,42-/m0/s1. The van der Waals surface area contributed by atoms with Gasteiger partial charge in [-0.05, 0) is 44.6 Å². The minimum absolute atomic E-state index is 0.0103. The van der Waals surface area contributed by atoms with E-state index in [0.717, 1.165) is 5.57 Å². The van der Waals surface area contributed by atoms with Crippen LogP contribution in [0.5, 0.6) is 17.2 Å². The number of benzene rings is 2. The zero-order valence-electron chi connectivity index (χ0n) is 33.0. The predicted octanol–water partition coefficient (Wildman–Crippen LogP) is 5.83. The normalized spacial score (nSPS) is 32.7. The monoisotopic (exact) mass is 773 g/mol. The minimum Gasteiger partial charge on any atom is -0.507 e. The summed E-state index contributed by atoms with van der Waals surface area (Å²) >= 11 is 0. The van der Waals surface area contributed by atoms with Crippen molar-refractivity contribution in [2.75, 3.05) is 22.6 Å². The number of esters is 1. The lowest BCUT2D eigenvalue weighted by Gasteiger charge is -2.33. The number of amides is 1. The lowest BCUT2D eigenvalue weighted by molar-refractivity contribution is -0.154. The number of hydrogen-bond donors (Lipinski definition) is 6. The molecule has 0 aromatic heterocycles. The Morgan fingerprint density at radius 1 is 1.02 bits per heavy atom. The largest absolute Gasteiger partial charge is 0.507 e. The Kier molecular flexibility index (Phi) is 11.0. The molecule has 1 unspecified atom stereocenters. The lowest BCUT2D eigenvalue weighted by atomic mass is 9.84. The summed E-state index contributed by atoms with van der Waals surface area (Å²) in [7, 11) is 1.46. The van der Waals surface area contributed by atoms with Crippen LogP contribution in [0, 0.1) is 24.7 Å². The molecule has 9 atom stereocenters. The molecule has 0 saturated carbocycles. The number of rotatable bonds is 2. The third-order valence-corrected chi connectivity index (χ3v) is 11.3. The van der Waals surface area contributed by atoms with Crippen LogP contribution in [-0.2, 0) is 23.8 Å². The second kappa shape index (κ2) is 15.3. The van der Waals surface area contributed by atoms with Crippen LogP contribution in [-0.4, -0.2) is 81.6 Å². The third-order valence-electron chi connectivity index (χ3n) is 11.3. The number of aliphatic hydroxyl groups excluding tert-OH is 2. The molecule has 0 radical (unpaired) electrons. The van der Waals surface area contributed by atoms with Crippen LogP contribution in [0.25, 0.3) is 10.8 Å². The molecule has 300 valence electrons. The summed E-state index contributed by atoms with van der Waals surface area (Å²) in [6.45, 7) is 13.0. The zero-order chi connectivity index (χ0) is 41.0. The molecule has 4 heterocycles. The molecule has 14 heteroatoms. The highest BCUT2D eigenvalue weighted by Gasteiger charge is 2.50. The molecule has 4 aliphatic rings. The maximum Gasteiger partial charge on any atom is 0.312 e. The molecule has 0 aliphatic carbocycles. The molecule has 1 amide bonds. The third kappa shape index (κ3) is 7.01. The van der Waals surface area contributed by atoms with Gasteiger partial charge in [0.15, 0.2) is 5.75 Å². The van der Waals surface area contributed by atoms with Crippen LogP contribution in [0.1, 0.15) is 70.8 Å². The molecule has 2 aromatic rings. The summed E-state index contributed by atoms with van der Waals surface area (Å²) in [5, 5.41) is 52.6. The van der Waals surface area contributed by atoms with Gasteiger partial charge in [-0.25, -0.2) is 0 Å². The number of nitrogens with one attached hydrogen (secondary N) is 2. The highest BCUT2D eigenvalue weighted by Crippen LogP contribution is 2.59. The highest BCUT2D eigenvalue weighted by molar-refractivity contribution is 6.27. The second-order valence-corrected chi connectivity index (χ2v) is 15.3. The molecule has 2 aromatic carbocycles. The van der Waals surface area contributed by atoms with E-state index in [9.17, 15) is 34.8 Å². The first-order chi connectivity index (χ1) is 26.4. The van der Waals surface area contributed by atoms with E-state index in [0.29, 0.717) is 11.4 Å². The molecule has 4 aliphatic heterocycles. The first kappa shape index (κ1) is 40.4. The summed E-state index contributed by atoms with van der Waals surface area (Å²) < 4.78 is 23.7. The molecule has 0 saturated heterocycles. The van der Waals surface area contributed by atoms with Crippen molar-refractivity contribution in [1.82, 2.24) is 0 Å². The average Bonchev–Trinajstić information content (AvgIpc) is 3.65. The maximum absolute atomic E-state index is 14.5. The number of carbonyl (C=O) groups excluding carboxylic acids is 3. The second-order valence-electron chi connectivity index (χ2n) is 15.3. The van der Waals surface area contributed by atoms with E-state index in [1.807, 2.05) is 24.0 Å². The summed E-state index contributed by atoms with van der Waals surface area (Å²) in [4.78, 5) is 42.3. The van der Waals surface area contributed by atoms with Crippen molar-refractivity contribution in [1.29, 1.82) is 0 Å². The molecule has 14 nitrogen and oxygen atoms in total. The predicted molar refractivity (Wildman–Crippen MR) is 210 cm³/mol. The van der Waals surface area contributed by atoms with Gasteiger partial charge in [0.2, 0.25) is 0 Å². The van der Waals surface area contributed by atoms with Gasteiger partial charge >= 0.3 is 11.8 Å². The van der Waals surface area contributed by atoms with Gasteiger partial charge in [0, 0.05) is 67.9 Å². The summed E-state index contributed by atoms with van der Waals surface area (Å²) in [6.07, 6.45) is 9.19. The van der Waals surface area contributed by atoms with Crippen molar-refractivity contribution < 1.29 is 53.8 Å². The van der Waals surface area contributed by atoms with Gasteiger partial charge in [-0.2, -0.15) is 0 Å². The Balaban J connectivity index is 1.53. The minimum atomic E-state index is -1.93. The smallest absolute Gasteiger partial charge is 0.312 e. The van der Waals surface area contributed by atoms with E-state index >= 15 is 0 Å². The molecule has 4 bridgehead atoms. The number of fused-ring (bicyclic) bond motifs is 2. The number of allylic oxidation sites excluding steroid dienone is 4. The van der Waals surface area contributed by atoms with Gasteiger partial charge in [-0.3, -0.25) is 14.4 Å². The number of carbonyl (C=O) groups is 3. The number of nitrogens with zero attached hydrogens (tertiary/aromatic N) is 1. The van der Waals surface area contributed by atoms with Crippen molar-refractivity contribution in [3.8, 4) is 17.2 Å². The summed E-state index contributed by atoms with van der Waals surface area (Å²) in [5.41, 5.74) is 2.19. The van der Waals surface area contributed by atoms with Crippen LogP contribution >= 0.6 is 0 Å². The first-order valence-corrected chi connectivity index (χ1v) is 18.7. The van der Waals surface area contributed by atoms with Crippen molar-refractivity contribution in [3.63, 3.8) is 0 Å². The Labute approximate surface area is 325 Å². The quantitative estimate of drug-likeness (QED) is 0.121. The van der Waals surface area contributed by atoms with Gasteiger partial charge < -0.3 is 54.9 Å². The van der Waals surface area contributed by atoms with Crippen LogP contribution in [0.15, 0.2) is 60.1 Å². The van der Waals surface area contributed by atoms with Gasteiger partial charge in [0.05, 0.1) is 46.9 Å². The van der Waals surface area contributed by atoms with E-state index in [1.54, 1.807) is 65.1 Å². The van der Waals surface area contributed by atoms with Crippen molar-refractivity contribution >= 4 is 45.5 Å². The number of anilines is 3. The van der Waals surface area contributed by atoms with E-state index < -0.39 is 77.5 Å². The van der Waals surface area contributed by atoms with E-state index in [1.165, 1.54) is 27.2 Å². The SMILES string of the molecule is CO[C@H]1/C=C/O[C@@]2(C)Oc3c(C)c(O)c4c(O)c(c5c(c4c3C2=O)NC2C=C(C)C=CN52)NC(=O)/C(C)=C\C=C\[C@H](C)[C@H](O)[C@@H](C)[C@@H](O)C[C@H](OC(C)=O)[C@@H]1C. The van der Waals surface area contributed by atoms with Gasteiger partial charge in [0.25, 0.3) is 11.7 Å². The van der Waals surface area contributed by atoms with Gasteiger partial charge in [0.1, 0.15) is 29.5 Å². The fourth-order valence-electron chi connectivity index (χ4n) is 7.80. The Hall–Kier alpha value is -5.31. The molecule has 6 rings (SSSR count). The number of aromatic hydroxyl groups is 2. The van der Waals surface area contributed by atoms with E-state index in [4.69, 9.17) is 18.9 Å². The fourth-order valence-corrected chi connectivity index (χ4v) is 7.80. The van der Waals surface area contributed by atoms with Crippen LogP contribution < -0.4 is 20.3 Å². The van der Waals surface area contributed by atoms with E-state index in [-0.39, 0.29) is 51.1 Å². The molecule has 0 spiro atoms. The Bertz CT molecular complexity index is 2120. The fraction of sp³-hybridized carbons (Fsp3) is 0.452. The summed E-state index contributed by atoms with van der Waals surface area (Å²) in [5.74, 6) is -6.03. The van der Waals surface area contributed by atoms with Crippen LogP contribution in [0.4, 0.5) is 17.1 Å². The average molecular weight is 774 g/mol. The number of hydrogen-bond acceptors (Lipinski definition) is 13. The molecular weight excluding hydrogens is 722 g/mol. The Morgan fingerprint density at radius 3 is 2.41 bits per heavy atom. The van der Waals surface area contributed by atoms with Crippen molar-refractivity contribution in [2.24, 2.45) is 17.8 Å². The molecule has 56 heavy (non-hydrogen) atoms. The number of phenols is 2. The Morgan fingerprint density at radius 2 is 1.73 bits per heavy atom. The number of aliphatic hydroxyl groups is 2. The van der Waals surface area contributed by atoms with Crippen LogP contribution in [0.2, 0.25) is 0 Å². The van der Waals surface area contributed by atoms with Crippen molar-refractivity contribution in [2.45, 2.75) is 98.2 Å².